The van der Waals surface area contributed by atoms with Crippen molar-refractivity contribution in [1.29, 1.82) is 5.26 Å². The van der Waals surface area contributed by atoms with Crippen molar-refractivity contribution in [3.63, 3.8) is 0 Å². The molecule has 0 fully saturated rings. The van der Waals surface area contributed by atoms with Crippen molar-refractivity contribution in [1.82, 2.24) is 10.3 Å². The Morgan fingerprint density at radius 2 is 2.41 bits per heavy atom. The average Bonchev–Trinajstić information content (AvgIpc) is 2.30. The van der Waals surface area contributed by atoms with Crippen molar-refractivity contribution >= 4 is 11.6 Å². The molecule has 0 aliphatic carbocycles. The summed E-state index contributed by atoms with van der Waals surface area (Å²) in [4.78, 5) is 8.27. The lowest BCUT2D eigenvalue weighted by molar-refractivity contribution is 0.596. The van der Waals surface area contributed by atoms with E-state index in [1.807, 2.05) is 18.3 Å². The maximum Gasteiger partial charge on any atom is 0.209 e. The van der Waals surface area contributed by atoms with Crippen LogP contribution in [0.25, 0.3) is 0 Å². The van der Waals surface area contributed by atoms with Gasteiger partial charge in [0, 0.05) is 12.7 Å². The van der Waals surface area contributed by atoms with Gasteiger partial charge in [-0.15, -0.1) is 0 Å². The molecule has 5 nitrogen and oxygen atoms in total. The predicted octanol–water partition coefficient (Wildman–Crippen LogP) is 1.97. The van der Waals surface area contributed by atoms with Crippen LogP contribution in [0, 0.1) is 17.4 Å². The Morgan fingerprint density at radius 3 is 3.00 bits per heavy atom. The van der Waals surface area contributed by atoms with Crippen LogP contribution in [0.15, 0.2) is 29.5 Å². The van der Waals surface area contributed by atoms with E-state index in [0.29, 0.717) is 18.4 Å². The summed E-state index contributed by atoms with van der Waals surface area (Å²) in [6.07, 6.45) is 6.22. The molecule has 1 heterocycles. The first-order chi connectivity index (χ1) is 8.22. The van der Waals surface area contributed by atoms with E-state index in [-0.39, 0.29) is 0 Å². The Labute approximate surface area is 102 Å². The molecule has 0 spiro atoms. The maximum atomic E-state index is 8.63. The van der Waals surface area contributed by atoms with Crippen LogP contribution in [0.5, 0.6) is 0 Å². The molecule has 0 amide bonds. The molecule has 17 heavy (non-hydrogen) atoms. The number of hydrogen-bond acceptors (Lipinski definition) is 3. The highest BCUT2D eigenvalue weighted by Crippen LogP contribution is 2.03. The molecule has 0 saturated heterocycles. The van der Waals surface area contributed by atoms with Gasteiger partial charge < -0.3 is 5.32 Å². The van der Waals surface area contributed by atoms with E-state index >= 15 is 0 Å². The van der Waals surface area contributed by atoms with Crippen molar-refractivity contribution in [3.8, 4) is 6.19 Å². The first kappa shape index (κ1) is 13.0. The van der Waals surface area contributed by atoms with Gasteiger partial charge in [-0.05, 0) is 24.5 Å². The Morgan fingerprint density at radius 1 is 1.59 bits per heavy atom. The first-order valence-electron chi connectivity index (χ1n) is 5.59. The number of anilines is 1. The zero-order valence-electron chi connectivity index (χ0n) is 10.1. The SMILES string of the molecule is CC(C)CCN=C(NC#N)Nc1cccnc1. The van der Waals surface area contributed by atoms with Crippen molar-refractivity contribution in [2.45, 2.75) is 20.3 Å². The number of guanidine groups is 1. The fraction of sp³-hybridized carbons (Fsp3) is 0.417. The zero-order chi connectivity index (χ0) is 12.5. The smallest absolute Gasteiger partial charge is 0.209 e. The fourth-order valence-corrected chi connectivity index (χ4v) is 1.17. The molecule has 90 valence electrons. The largest absolute Gasteiger partial charge is 0.324 e. The van der Waals surface area contributed by atoms with Gasteiger partial charge in [-0.2, -0.15) is 5.26 Å². The number of nitrogens with zero attached hydrogens (tertiary/aromatic N) is 3. The molecule has 0 aliphatic rings. The Kier molecular flexibility index (Phi) is 5.52. The lowest BCUT2D eigenvalue weighted by Gasteiger charge is -2.07. The number of aromatic nitrogens is 1. The summed E-state index contributed by atoms with van der Waals surface area (Å²) in [5.74, 6) is 1.06. The molecular formula is C12H17N5. The highest BCUT2D eigenvalue weighted by molar-refractivity contribution is 5.94. The molecule has 0 saturated carbocycles. The summed E-state index contributed by atoms with van der Waals surface area (Å²) in [7, 11) is 0. The van der Waals surface area contributed by atoms with Gasteiger partial charge in [0.1, 0.15) is 0 Å². The Balaban J connectivity index is 2.57. The van der Waals surface area contributed by atoms with E-state index in [4.69, 9.17) is 5.26 Å². The van der Waals surface area contributed by atoms with Gasteiger partial charge in [0.05, 0.1) is 11.9 Å². The van der Waals surface area contributed by atoms with Gasteiger partial charge in [-0.25, -0.2) is 0 Å². The number of pyridine rings is 1. The molecule has 5 heteroatoms. The molecule has 1 rings (SSSR count). The average molecular weight is 231 g/mol. The second kappa shape index (κ2) is 7.23. The van der Waals surface area contributed by atoms with Crippen LogP contribution in [0.1, 0.15) is 20.3 Å². The second-order valence-corrected chi connectivity index (χ2v) is 4.02. The van der Waals surface area contributed by atoms with Gasteiger partial charge in [-0.1, -0.05) is 13.8 Å². The van der Waals surface area contributed by atoms with Gasteiger partial charge in [0.2, 0.25) is 5.96 Å². The van der Waals surface area contributed by atoms with Crippen molar-refractivity contribution in [3.05, 3.63) is 24.5 Å². The summed E-state index contributed by atoms with van der Waals surface area (Å²) in [5.41, 5.74) is 0.804. The van der Waals surface area contributed by atoms with E-state index in [0.717, 1.165) is 12.1 Å². The van der Waals surface area contributed by atoms with Crippen LogP contribution in [0.3, 0.4) is 0 Å². The quantitative estimate of drug-likeness (QED) is 0.359. The number of rotatable bonds is 4. The van der Waals surface area contributed by atoms with Crippen LogP contribution >= 0.6 is 0 Å². The topological polar surface area (TPSA) is 73.1 Å². The molecule has 0 unspecified atom stereocenters. The molecule has 0 atom stereocenters. The van der Waals surface area contributed by atoms with Gasteiger partial charge >= 0.3 is 0 Å². The van der Waals surface area contributed by atoms with Crippen molar-refractivity contribution in [2.75, 3.05) is 11.9 Å². The third-order valence-electron chi connectivity index (χ3n) is 2.07. The number of hydrogen-bond donors (Lipinski definition) is 2. The minimum Gasteiger partial charge on any atom is -0.324 e. The van der Waals surface area contributed by atoms with Crippen LogP contribution < -0.4 is 10.6 Å². The van der Waals surface area contributed by atoms with Crippen LogP contribution in [-0.2, 0) is 0 Å². The summed E-state index contributed by atoms with van der Waals surface area (Å²) < 4.78 is 0. The molecule has 0 aromatic carbocycles. The summed E-state index contributed by atoms with van der Waals surface area (Å²) in [6, 6.07) is 3.68. The van der Waals surface area contributed by atoms with E-state index in [9.17, 15) is 0 Å². The van der Waals surface area contributed by atoms with Crippen molar-refractivity contribution in [2.24, 2.45) is 10.9 Å². The zero-order valence-corrected chi connectivity index (χ0v) is 10.1. The molecule has 1 aromatic rings. The Bertz CT molecular complexity index is 391. The number of nitriles is 1. The minimum absolute atomic E-state index is 0.459. The first-order valence-corrected chi connectivity index (χ1v) is 5.59. The normalized spacial score (nSPS) is 11.1. The molecular weight excluding hydrogens is 214 g/mol. The standard InChI is InChI=1S/C12H17N5/c1-10(2)5-7-15-12(16-9-13)17-11-4-3-6-14-8-11/h3-4,6,8,10H,5,7H2,1-2H3,(H2,15,16,17). The monoisotopic (exact) mass is 231 g/mol. The molecule has 1 aromatic heterocycles. The third-order valence-corrected chi connectivity index (χ3v) is 2.07. The lowest BCUT2D eigenvalue weighted by atomic mass is 10.1. The molecule has 2 N–H and O–H groups in total. The summed E-state index contributed by atoms with van der Waals surface area (Å²) in [5, 5.41) is 14.2. The third kappa shape index (κ3) is 5.52. The minimum atomic E-state index is 0.459. The Hall–Kier alpha value is -2.09. The van der Waals surface area contributed by atoms with Gasteiger partial charge in [0.15, 0.2) is 6.19 Å². The van der Waals surface area contributed by atoms with Gasteiger partial charge in [-0.3, -0.25) is 15.3 Å². The summed E-state index contributed by atoms with van der Waals surface area (Å²) in [6.45, 7) is 4.97. The second-order valence-electron chi connectivity index (χ2n) is 4.02. The number of nitrogens with one attached hydrogen (secondary N) is 2. The highest BCUT2D eigenvalue weighted by atomic mass is 15.2. The maximum absolute atomic E-state index is 8.63. The predicted molar refractivity (Wildman–Crippen MR) is 68.4 cm³/mol. The van der Waals surface area contributed by atoms with E-state index in [1.54, 1.807) is 12.4 Å². The van der Waals surface area contributed by atoms with E-state index < -0.39 is 0 Å². The highest BCUT2D eigenvalue weighted by Gasteiger charge is 1.99. The van der Waals surface area contributed by atoms with Crippen molar-refractivity contribution < 1.29 is 0 Å². The van der Waals surface area contributed by atoms with Crippen LogP contribution in [0.4, 0.5) is 5.69 Å². The molecule has 0 aliphatic heterocycles. The van der Waals surface area contributed by atoms with Crippen LogP contribution in [0.2, 0.25) is 0 Å². The summed E-state index contributed by atoms with van der Waals surface area (Å²) >= 11 is 0. The van der Waals surface area contributed by atoms with E-state index in [1.165, 1.54) is 0 Å². The number of aliphatic imine (C=N–C) groups is 1. The fourth-order valence-electron chi connectivity index (χ4n) is 1.17. The van der Waals surface area contributed by atoms with E-state index in [2.05, 4.69) is 34.5 Å². The lowest BCUT2D eigenvalue weighted by Crippen LogP contribution is -2.27. The molecule has 0 radical (unpaired) electrons. The van der Waals surface area contributed by atoms with Crippen LogP contribution in [-0.4, -0.2) is 17.5 Å². The van der Waals surface area contributed by atoms with Gasteiger partial charge in [0.25, 0.3) is 0 Å². The molecule has 0 bridgehead atoms.